The Labute approximate surface area is 158 Å². The Morgan fingerprint density at radius 2 is 2.12 bits per heavy atom. The van der Waals surface area contributed by atoms with Crippen LogP contribution in [0.3, 0.4) is 0 Å². The van der Waals surface area contributed by atoms with Gasteiger partial charge in [-0.3, -0.25) is 14.4 Å². The van der Waals surface area contributed by atoms with Gasteiger partial charge in [-0.2, -0.15) is 5.10 Å². The molecule has 1 N–H and O–H groups in total. The first kappa shape index (κ1) is 17.5. The molecule has 0 saturated carbocycles. The van der Waals surface area contributed by atoms with Crippen molar-refractivity contribution in [1.82, 2.24) is 20.0 Å². The van der Waals surface area contributed by atoms with E-state index >= 15 is 0 Å². The van der Waals surface area contributed by atoms with Crippen molar-refractivity contribution in [3.05, 3.63) is 52.8 Å². The van der Waals surface area contributed by atoms with Gasteiger partial charge in [0.15, 0.2) is 0 Å². The van der Waals surface area contributed by atoms with E-state index < -0.39 is 0 Å². The fourth-order valence-electron chi connectivity index (χ4n) is 3.89. The van der Waals surface area contributed by atoms with Gasteiger partial charge in [0.25, 0.3) is 5.91 Å². The summed E-state index contributed by atoms with van der Waals surface area (Å²) in [7, 11) is 0. The number of halogens is 1. The second-order valence-corrected chi connectivity index (χ2v) is 7.36. The number of aromatic nitrogens is 2. The normalized spacial score (nSPS) is 25.8. The monoisotopic (exact) mass is 374 g/mol. The summed E-state index contributed by atoms with van der Waals surface area (Å²) in [5.74, 6) is -0.0515. The predicted octanol–water partition coefficient (Wildman–Crippen LogP) is 2.50. The Balaban J connectivity index is 1.37. The van der Waals surface area contributed by atoms with Gasteiger partial charge in [0.05, 0.1) is 12.7 Å². The fourth-order valence-corrected chi connectivity index (χ4v) is 4.02. The molecule has 2 aliphatic rings. The largest absolute Gasteiger partial charge is 0.371 e. The number of carbonyl (C=O) groups excluding carboxylic acids is 1. The highest BCUT2D eigenvalue weighted by Gasteiger charge is 2.38. The van der Waals surface area contributed by atoms with Crippen molar-refractivity contribution in [2.75, 3.05) is 19.7 Å². The van der Waals surface area contributed by atoms with Crippen LogP contribution in [0.25, 0.3) is 0 Å². The average Bonchev–Trinajstić information content (AvgIpc) is 3.27. The van der Waals surface area contributed by atoms with Gasteiger partial charge < -0.3 is 10.1 Å². The lowest BCUT2D eigenvalue weighted by atomic mass is 10.1. The van der Waals surface area contributed by atoms with Crippen molar-refractivity contribution in [3.8, 4) is 0 Å². The zero-order chi connectivity index (χ0) is 18.1. The molecular weight excluding hydrogens is 352 g/mol. The van der Waals surface area contributed by atoms with Crippen LogP contribution in [0.15, 0.2) is 36.5 Å². The van der Waals surface area contributed by atoms with E-state index in [9.17, 15) is 4.79 Å². The molecular formula is C19H23ClN4O2. The molecule has 138 valence electrons. The van der Waals surface area contributed by atoms with Crippen molar-refractivity contribution in [2.45, 2.75) is 38.1 Å². The molecule has 3 atom stereocenters. The van der Waals surface area contributed by atoms with Gasteiger partial charge >= 0.3 is 0 Å². The molecule has 6 nitrogen and oxygen atoms in total. The van der Waals surface area contributed by atoms with Gasteiger partial charge in [0.2, 0.25) is 0 Å². The third kappa shape index (κ3) is 3.49. The van der Waals surface area contributed by atoms with E-state index in [-0.39, 0.29) is 18.1 Å². The molecule has 1 amide bonds. The van der Waals surface area contributed by atoms with E-state index in [0.717, 1.165) is 30.1 Å². The van der Waals surface area contributed by atoms with Gasteiger partial charge in [-0.1, -0.05) is 23.7 Å². The minimum Gasteiger partial charge on any atom is -0.371 e. The summed E-state index contributed by atoms with van der Waals surface area (Å²) >= 11 is 5.97. The third-order valence-corrected chi connectivity index (χ3v) is 5.50. The standard InChI is InChI=1S/C19H23ClN4O2/c1-2-24-17(7-8-21-24)19(25)22-15-9-16-12-26-18(11-23(16)10-15)13-3-5-14(20)6-4-13/h3-8,15-16,18H,2,9-12H2,1H3,(H,22,25)/t15-,16+,18-/m1/s1. The molecule has 3 heterocycles. The summed E-state index contributed by atoms with van der Waals surface area (Å²) in [6.07, 6.45) is 2.64. The first-order chi connectivity index (χ1) is 12.6. The molecule has 1 aromatic heterocycles. The third-order valence-electron chi connectivity index (χ3n) is 5.24. The molecule has 2 saturated heterocycles. The number of fused-ring (bicyclic) bond motifs is 1. The smallest absolute Gasteiger partial charge is 0.269 e. The van der Waals surface area contributed by atoms with Crippen molar-refractivity contribution in [2.24, 2.45) is 0 Å². The maximum atomic E-state index is 12.5. The quantitative estimate of drug-likeness (QED) is 0.893. The number of benzene rings is 1. The topological polar surface area (TPSA) is 59.4 Å². The number of hydrogen-bond acceptors (Lipinski definition) is 4. The molecule has 0 bridgehead atoms. The number of aryl methyl sites for hydroxylation is 1. The number of amides is 1. The van der Waals surface area contributed by atoms with E-state index in [1.807, 2.05) is 31.2 Å². The van der Waals surface area contributed by atoms with Crippen LogP contribution in [0.5, 0.6) is 0 Å². The van der Waals surface area contributed by atoms with Crippen molar-refractivity contribution in [3.63, 3.8) is 0 Å². The lowest BCUT2D eigenvalue weighted by molar-refractivity contribution is -0.0502. The zero-order valence-corrected chi connectivity index (χ0v) is 15.5. The second-order valence-electron chi connectivity index (χ2n) is 6.92. The number of nitrogens with one attached hydrogen (secondary N) is 1. The number of morpholine rings is 1. The Morgan fingerprint density at radius 3 is 2.88 bits per heavy atom. The first-order valence-electron chi connectivity index (χ1n) is 9.08. The van der Waals surface area contributed by atoms with E-state index in [2.05, 4.69) is 15.3 Å². The Morgan fingerprint density at radius 1 is 1.31 bits per heavy atom. The van der Waals surface area contributed by atoms with Crippen LogP contribution in [0.4, 0.5) is 0 Å². The SMILES string of the molecule is CCn1nccc1C(=O)N[C@@H]1C[C@H]2CO[C@@H](c3ccc(Cl)cc3)CN2C1. The van der Waals surface area contributed by atoms with Crippen LogP contribution in [-0.2, 0) is 11.3 Å². The minimum absolute atomic E-state index is 0.0515. The number of hydrogen-bond donors (Lipinski definition) is 1. The molecule has 0 spiro atoms. The van der Waals surface area contributed by atoms with Crippen LogP contribution in [0, 0.1) is 0 Å². The van der Waals surface area contributed by atoms with E-state index in [1.54, 1.807) is 16.9 Å². The molecule has 0 radical (unpaired) electrons. The summed E-state index contributed by atoms with van der Waals surface area (Å²) in [6.45, 7) is 5.04. The van der Waals surface area contributed by atoms with Gasteiger partial charge in [0, 0.05) is 42.9 Å². The zero-order valence-electron chi connectivity index (χ0n) is 14.8. The first-order valence-corrected chi connectivity index (χ1v) is 9.45. The van der Waals surface area contributed by atoms with E-state index in [4.69, 9.17) is 16.3 Å². The van der Waals surface area contributed by atoms with Crippen molar-refractivity contribution < 1.29 is 9.53 Å². The van der Waals surface area contributed by atoms with Crippen LogP contribution in [-0.4, -0.2) is 52.4 Å². The van der Waals surface area contributed by atoms with Gasteiger partial charge in [0.1, 0.15) is 5.69 Å². The minimum atomic E-state index is -0.0515. The fraction of sp³-hybridized carbons (Fsp3) is 0.474. The Bertz CT molecular complexity index is 776. The number of rotatable bonds is 4. The highest BCUT2D eigenvalue weighted by molar-refractivity contribution is 6.30. The summed E-state index contributed by atoms with van der Waals surface area (Å²) in [4.78, 5) is 15.0. The Kier molecular flexibility index (Phi) is 4.98. The summed E-state index contributed by atoms with van der Waals surface area (Å²) < 4.78 is 7.79. The molecule has 2 fully saturated rings. The van der Waals surface area contributed by atoms with Crippen LogP contribution in [0.1, 0.15) is 35.5 Å². The molecule has 0 aliphatic carbocycles. The van der Waals surface area contributed by atoms with Crippen LogP contribution < -0.4 is 5.32 Å². The summed E-state index contributed by atoms with van der Waals surface area (Å²) in [6, 6.07) is 10.1. The summed E-state index contributed by atoms with van der Waals surface area (Å²) in [5.41, 5.74) is 1.76. The second kappa shape index (κ2) is 7.39. The molecule has 4 rings (SSSR count). The van der Waals surface area contributed by atoms with Gasteiger partial charge in [-0.05, 0) is 37.1 Å². The average molecular weight is 375 g/mol. The number of ether oxygens (including phenoxy) is 1. The van der Waals surface area contributed by atoms with Crippen LogP contribution in [0.2, 0.25) is 5.02 Å². The Hall–Kier alpha value is -1.89. The predicted molar refractivity (Wildman–Crippen MR) is 99.3 cm³/mol. The van der Waals surface area contributed by atoms with Crippen molar-refractivity contribution >= 4 is 17.5 Å². The molecule has 26 heavy (non-hydrogen) atoms. The van der Waals surface area contributed by atoms with Gasteiger partial charge in [-0.15, -0.1) is 0 Å². The van der Waals surface area contributed by atoms with E-state index in [1.165, 1.54) is 0 Å². The molecule has 1 aromatic carbocycles. The molecule has 0 unspecified atom stereocenters. The van der Waals surface area contributed by atoms with Gasteiger partial charge in [-0.25, -0.2) is 0 Å². The molecule has 2 aliphatic heterocycles. The summed E-state index contributed by atoms with van der Waals surface area (Å²) in [5, 5.41) is 8.06. The molecule has 7 heteroatoms. The number of carbonyl (C=O) groups is 1. The molecule has 2 aromatic rings. The van der Waals surface area contributed by atoms with Crippen LogP contribution >= 0.6 is 11.6 Å². The lowest BCUT2D eigenvalue weighted by Crippen LogP contribution is -2.43. The van der Waals surface area contributed by atoms with Crippen molar-refractivity contribution in [1.29, 1.82) is 0 Å². The maximum Gasteiger partial charge on any atom is 0.269 e. The maximum absolute atomic E-state index is 12.5. The number of nitrogens with zero attached hydrogens (tertiary/aromatic N) is 3. The lowest BCUT2D eigenvalue weighted by Gasteiger charge is -2.35. The highest BCUT2D eigenvalue weighted by atomic mass is 35.5. The highest BCUT2D eigenvalue weighted by Crippen LogP contribution is 2.30. The van der Waals surface area contributed by atoms with E-state index in [0.29, 0.717) is 24.9 Å².